The lowest BCUT2D eigenvalue weighted by atomic mass is 9.72. The zero-order chi connectivity index (χ0) is 40.3. The number of carbonyl (C=O) groups excluding carboxylic acids is 3. The van der Waals surface area contributed by atoms with Crippen LogP contribution in [0.15, 0.2) is 72.9 Å². The van der Waals surface area contributed by atoms with Gasteiger partial charge in [0.1, 0.15) is 11.9 Å². The van der Waals surface area contributed by atoms with Gasteiger partial charge in [-0.15, -0.1) is 12.4 Å². The van der Waals surface area contributed by atoms with Gasteiger partial charge >= 0.3 is 5.97 Å². The van der Waals surface area contributed by atoms with Crippen molar-refractivity contribution >= 4 is 51.0 Å². The minimum absolute atomic E-state index is 0. The van der Waals surface area contributed by atoms with Crippen molar-refractivity contribution in [3.8, 4) is 11.5 Å². The number of hydrogen-bond acceptors (Lipinski definition) is 10. The fourth-order valence-electron chi connectivity index (χ4n) is 9.58. The lowest BCUT2D eigenvalue weighted by molar-refractivity contribution is -0.145. The molecule has 312 valence electrons. The Hall–Kier alpha value is -4.27. The van der Waals surface area contributed by atoms with Gasteiger partial charge in [0.2, 0.25) is 0 Å². The number of Topliss-reactive ketones (excluding diaryl/α,β-unsaturated/α-hetero) is 2. The molecule has 3 aromatic carbocycles. The monoisotopic (exact) mass is 835 g/mol. The van der Waals surface area contributed by atoms with E-state index in [0.717, 1.165) is 80.2 Å². The van der Waals surface area contributed by atoms with Crippen molar-refractivity contribution < 1.29 is 41.6 Å². The molecule has 6 aliphatic rings. The third-order valence-corrected chi connectivity index (χ3v) is 12.3. The lowest BCUT2D eigenvalue weighted by Crippen LogP contribution is -2.63. The van der Waals surface area contributed by atoms with Gasteiger partial charge in [-0.2, -0.15) is 8.42 Å². The Kier molecular flexibility index (Phi) is 14.0. The number of methoxy groups -OCH3 is 2. The second-order valence-electron chi connectivity index (χ2n) is 16.2. The van der Waals surface area contributed by atoms with Crippen LogP contribution >= 0.6 is 12.4 Å². The van der Waals surface area contributed by atoms with Crippen molar-refractivity contribution in [1.82, 2.24) is 14.8 Å². The molecule has 0 radical (unpaired) electrons. The minimum atomic E-state index is -3.67. The normalized spacial score (nSPS) is 25.0. The number of aromatic nitrogens is 1. The summed E-state index contributed by atoms with van der Waals surface area (Å²) in [6.07, 6.45) is 10.2. The molecule has 14 heteroatoms. The van der Waals surface area contributed by atoms with E-state index in [9.17, 15) is 22.8 Å². The SMILES string of the molecule is COc1cc2c(cc1OC)C(=O)C(CC1CCN(Cc3ccccc3)CC1)C2.CS(=O)(=O)O.Cl.O=C(O[C@@H]1C[C@@H]2C[C@@H]3C[C@H](C1)N2CC3=O)c1c[nH]c2ccccc12. The number of benzene rings is 3. The minimum Gasteiger partial charge on any atom is -0.493 e. The predicted octanol–water partition coefficient (Wildman–Crippen LogP) is 6.81. The smallest absolute Gasteiger partial charge is 0.340 e. The second kappa shape index (κ2) is 18.8. The summed E-state index contributed by atoms with van der Waals surface area (Å²) < 4.78 is 42.5. The number of likely N-dealkylation sites (tertiary alicyclic amines) is 1. The van der Waals surface area contributed by atoms with Crippen LogP contribution in [0, 0.1) is 17.8 Å². The molecule has 2 N–H and O–H groups in total. The van der Waals surface area contributed by atoms with Crippen LogP contribution in [0.4, 0.5) is 0 Å². The Morgan fingerprint density at radius 2 is 1.52 bits per heavy atom. The molecule has 4 bridgehead atoms. The molecule has 58 heavy (non-hydrogen) atoms. The van der Waals surface area contributed by atoms with Crippen LogP contribution in [0.25, 0.3) is 10.9 Å². The van der Waals surface area contributed by atoms with Crippen molar-refractivity contribution in [3.05, 3.63) is 95.2 Å². The van der Waals surface area contributed by atoms with Gasteiger partial charge in [-0.25, -0.2) is 4.79 Å². The molecule has 0 spiro atoms. The molecular weight excluding hydrogens is 782 g/mol. The van der Waals surface area contributed by atoms with Crippen molar-refractivity contribution in [2.24, 2.45) is 17.8 Å². The van der Waals surface area contributed by atoms with E-state index in [-0.39, 0.29) is 42.1 Å². The highest BCUT2D eigenvalue weighted by atomic mass is 35.5. The Morgan fingerprint density at radius 3 is 2.16 bits per heavy atom. The van der Waals surface area contributed by atoms with Gasteiger partial charge in [0.25, 0.3) is 10.1 Å². The van der Waals surface area contributed by atoms with Crippen molar-refractivity contribution in [2.75, 3.05) is 40.1 Å². The number of H-pyrrole nitrogens is 1. The number of halogens is 1. The molecule has 12 nitrogen and oxygen atoms in total. The Labute approximate surface area is 346 Å². The number of ether oxygens (including phenoxy) is 3. The van der Waals surface area contributed by atoms with Gasteiger partial charge in [0.15, 0.2) is 17.3 Å². The number of piperidine rings is 5. The van der Waals surface area contributed by atoms with Crippen LogP contribution in [0.3, 0.4) is 0 Å². The molecule has 6 heterocycles. The molecule has 0 saturated carbocycles. The number of aromatic amines is 1. The van der Waals surface area contributed by atoms with E-state index in [0.29, 0.717) is 53.6 Å². The average molecular weight is 836 g/mol. The van der Waals surface area contributed by atoms with Crippen LogP contribution in [-0.2, 0) is 32.6 Å². The number of esters is 1. The molecular formula is C44H54ClN3O9S. The first kappa shape index (κ1) is 43.3. The van der Waals surface area contributed by atoms with Gasteiger partial charge < -0.3 is 19.2 Å². The number of carbonyl (C=O) groups is 3. The van der Waals surface area contributed by atoms with E-state index in [1.165, 1.54) is 18.4 Å². The number of nitrogens with zero attached hydrogens (tertiary/aromatic N) is 2. The summed E-state index contributed by atoms with van der Waals surface area (Å²) in [7, 11) is -0.411. The Morgan fingerprint density at radius 1 is 0.897 bits per heavy atom. The van der Waals surface area contributed by atoms with E-state index in [2.05, 4.69) is 45.1 Å². The zero-order valence-corrected chi connectivity index (χ0v) is 34.9. The van der Waals surface area contributed by atoms with E-state index in [1.54, 1.807) is 20.4 Å². The highest BCUT2D eigenvalue weighted by Gasteiger charge is 2.49. The van der Waals surface area contributed by atoms with Gasteiger partial charge in [-0.1, -0.05) is 48.5 Å². The first-order chi connectivity index (χ1) is 27.4. The maximum Gasteiger partial charge on any atom is 0.340 e. The van der Waals surface area contributed by atoms with Crippen LogP contribution in [0.2, 0.25) is 0 Å². The highest BCUT2D eigenvalue weighted by Crippen LogP contribution is 2.43. The average Bonchev–Trinajstić information content (AvgIpc) is 3.75. The predicted molar refractivity (Wildman–Crippen MR) is 224 cm³/mol. The van der Waals surface area contributed by atoms with E-state index in [4.69, 9.17) is 18.8 Å². The van der Waals surface area contributed by atoms with Crippen molar-refractivity contribution in [2.45, 2.75) is 76.1 Å². The Bertz CT molecular complexity index is 2160. The molecule has 2 unspecified atom stereocenters. The van der Waals surface area contributed by atoms with E-state index in [1.807, 2.05) is 36.4 Å². The molecule has 1 aliphatic carbocycles. The summed E-state index contributed by atoms with van der Waals surface area (Å²) in [6, 6.07) is 23.1. The molecule has 10 rings (SSSR count). The molecule has 1 aromatic heterocycles. The number of ketones is 2. The van der Waals surface area contributed by atoms with Gasteiger partial charge in [-0.05, 0) is 86.9 Å². The maximum atomic E-state index is 12.9. The fourth-order valence-corrected chi connectivity index (χ4v) is 9.58. The molecule has 5 aliphatic heterocycles. The number of fused-ring (bicyclic) bond motifs is 3. The summed E-state index contributed by atoms with van der Waals surface area (Å²) in [5, 5.41) is 0.909. The third kappa shape index (κ3) is 10.3. The quantitative estimate of drug-likeness (QED) is 0.142. The Balaban J connectivity index is 0.000000174. The van der Waals surface area contributed by atoms with Crippen molar-refractivity contribution in [3.63, 3.8) is 0 Å². The molecule has 4 aromatic rings. The maximum absolute atomic E-state index is 12.9. The molecule has 5 fully saturated rings. The van der Waals surface area contributed by atoms with Crippen molar-refractivity contribution in [1.29, 1.82) is 0 Å². The topological polar surface area (TPSA) is 156 Å². The lowest BCUT2D eigenvalue weighted by Gasteiger charge is -2.54. The summed E-state index contributed by atoms with van der Waals surface area (Å²) in [5.41, 5.74) is 4.87. The van der Waals surface area contributed by atoms with Gasteiger partial charge in [0, 0.05) is 66.0 Å². The van der Waals surface area contributed by atoms with Crippen LogP contribution in [0.5, 0.6) is 11.5 Å². The summed E-state index contributed by atoms with van der Waals surface area (Å²) in [4.78, 5) is 45.4. The second-order valence-corrected chi connectivity index (χ2v) is 17.6. The third-order valence-electron chi connectivity index (χ3n) is 12.3. The number of rotatable bonds is 8. The standard InChI is InChI=1S/C24H29NO3.C19H20N2O3.CH4O3S.ClH/c1-27-22-14-19-13-20(24(26)21(19)15-23(22)28-2)12-17-8-10-25(11-9-17)16-18-6-4-3-5-7-18;22-18-10-21-12-5-11(18)6-13(21)8-14(7-12)24-19(23)16-9-20-17-4-2-1-3-15(16)17;1-5(2,3)4;/h3-7,14-15,17,20H,8-13,16H2,1-2H3;1-4,9,11-14,20H,5-8,10H2;1H3,(H,2,3,4);1H/t;11-,12+,13-,14-;;. The number of nitrogens with one attached hydrogen (secondary N) is 1. The van der Waals surface area contributed by atoms with Crippen LogP contribution in [-0.4, -0.2) is 104 Å². The summed E-state index contributed by atoms with van der Waals surface area (Å²) in [5.74, 6) is 2.79. The van der Waals surface area contributed by atoms with Gasteiger partial charge in [-0.3, -0.25) is 23.9 Å². The van der Waals surface area contributed by atoms with Crippen LogP contribution < -0.4 is 9.47 Å². The zero-order valence-electron chi connectivity index (χ0n) is 33.3. The van der Waals surface area contributed by atoms with E-state index < -0.39 is 10.1 Å². The molecule has 0 amide bonds. The number of para-hydroxylation sites is 1. The summed E-state index contributed by atoms with van der Waals surface area (Å²) >= 11 is 0. The first-order valence-corrected chi connectivity index (χ1v) is 21.7. The molecule has 6 atom stereocenters. The van der Waals surface area contributed by atoms with Crippen LogP contribution in [0.1, 0.15) is 76.8 Å². The molecule has 5 saturated heterocycles. The first-order valence-electron chi connectivity index (χ1n) is 19.9. The highest BCUT2D eigenvalue weighted by molar-refractivity contribution is 7.85. The fraction of sp³-hybridized carbons (Fsp3) is 0.477. The van der Waals surface area contributed by atoms with E-state index >= 15 is 0 Å². The van der Waals surface area contributed by atoms with Gasteiger partial charge in [0.05, 0.1) is 32.6 Å². The summed E-state index contributed by atoms with van der Waals surface area (Å²) in [6.45, 7) is 3.87. The number of hydrogen-bond donors (Lipinski definition) is 2. The largest absolute Gasteiger partial charge is 0.493 e.